The van der Waals surface area contributed by atoms with E-state index in [4.69, 9.17) is 4.74 Å². The SMILES string of the molecule is CCOC(=O)c1csc(N(C)Cc2ccccc2Br)n1. The van der Waals surface area contributed by atoms with Crippen LogP contribution in [0.5, 0.6) is 0 Å². The Balaban J connectivity index is 2.08. The first kappa shape index (κ1) is 15.0. The smallest absolute Gasteiger partial charge is 0.357 e. The summed E-state index contributed by atoms with van der Waals surface area (Å²) >= 11 is 4.96. The molecule has 0 aliphatic heterocycles. The van der Waals surface area contributed by atoms with Gasteiger partial charge in [0.1, 0.15) is 0 Å². The van der Waals surface area contributed by atoms with Gasteiger partial charge in [-0.15, -0.1) is 11.3 Å². The first-order chi connectivity index (χ1) is 9.61. The molecule has 0 atom stereocenters. The molecule has 2 aromatic rings. The number of aromatic nitrogens is 1. The number of rotatable bonds is 5. The summed E-state index contributed by atoms with van der Waals surface area (Å²) in [7, 11) is 1.95. The predicted molar refractivity (Wildman–Crippen MR) is 84.3 cm³/mol. The minimum Gasteiger partial charge on any atom is -0.461 e. The van der Waals surface area contributed by atoms with Crippen LogP contribution in [0.2, 0.25) is 0 Å². The van der Waals surface area contributed by atoms with Crippen LogP contribution in [-0.4, -0.2) is 24.6 Å². The van der Waals surface area contributed by atoms with Crippen LogP contribution < -0.4 is 4.90 Å². The molecule has 0 saturated carbocycles. The van der Waals surface area contributed by atoms with Crippen LogP contribution in [-0.2, 0) is 11.3 Å². The topological polar surface area (TPSA) is 42.4 Å². The number of carbonyl (C=O) groups excluding carboxylic acids is 1. The van der Waals surface area contributed by atoms with E-state index in [-0.39, 0.29) is 5.97 Å². The molecule has 0 fully saturated rings. The van der Waals surface area contributed by atoms with Crippen LogP contribution in [0.25, 0.3) is 0 Å². The lowest BCUT2D eigenvalue weighted by atomic mass is 10.2. The number of hydrogen-bond donors (Lipinski definition) is 0. The number of carbonyl (C=O) groups is 1. The number of thiazole rings is 1. The monoisotopic (exact) mass is 354 g/mol. The van der Waals surface area contributed by atoms with Crippen LogP contribution in [0.15, 0.2) is 34.1 Å². The standard InChI is InChI=1S/C14H15BrN2O2S/c1-3-19-13(18)12-9-20-14(16-12)17(2)8-10-6-4-5-7-11(10)15/h4-7,9H,3,8H2,1-2H3. The summed E-state index contributed by atoms with van der Waals surface area (Å²) in [4.78, 5) is 17.9. The summed E-state index contributed by atoms with van der Waals surface area (Å²) in [5.41, 5.74) is 1.54. The third-order valence-corrected chi connectivity index (χ3v) is 4.40. The molecule has 1 aromatic heterocycles. The highest BCUT2D eigenvalue weighted by atomic mass is 79.9. The maximum absolute atomic E-state index is 11.6. The Kier molecular flexibility index (Phi) is 5.14. The third-order valence-electron chi connectivity index (χ3n) is 2.67. The van der Waals surface area contributed by atoms with E-state index < -0.39 is 0 Å². The normalized spacial score (nSPS) is 10.3. The lowest BCUT2D eigenvalue weighted by Crippen LogP contribution is -2.17. The summed E-state index contributed by atoms with van der Waals surface area (Å²) in [6.45, 7) is 2.86. The third kappa shape index (κ3) is 3.58. The van der Waals surface area contributed by atoms with Crippen molar-refractivity contribution in [3.05, 3.63) is 45.4 Å². The number of benzene rings is 1. The van der Waals surface area contributed by atoms with E-state index in [1.165, 1.54) is 16.9 Å². The number of nitrogens with zero attached hydrogens (tertiary/aromatic N) is 2. The minimum atomic E-state index is -0.371. The molecule has 6 heteroatoms. The second-order valence-corrected chi connectivity index (χ2v) is 5.87. The molecule has 106 valence electrons. The number of anilines is 1. The molecule has 0 aliphatic carbocycles. The van der Waals surface area contributed by atoms with Crippen LogP contribution in [0.3, 0.4) is 0 Å². The van der Waals surface area contributed by atoms with E-state index in [9.17, 15) is 4.79 Å². The molecule has 1 aromatic carbocycles. The van der Waals surface area contributed by atoms with Crippen LogP contribution in [0.1, 0.15) is 23.0 Å². The van der Waals surface area contributed by atoms with Gasteiger partial charge in [0.2, 0.25) is 0 Å². The molecule has 0 amide bonds. The van der Waals surface area contributed by atoms with Crippen molar-refractivity contribution in [1.29, 1.82) is 0 Å². The lowest BCUT2D eigenvalue weighted by Gasteiger charge is -2.16. The molecule has 2 rings (SSSR count). The number of ether oxygens (including phenoxy) is 1. The van der Waals surface area contributed by atoms with Gasteiger partial charge in [-0.25, -0.2) is 9.78 Å². The molecule has 0 radical (unpaired) electrons. The summed E-state index contributed by atoms with van der Waals surface area (Å²) < 4.78 is 6.00. The maximum Gasteiger partial charge on any atom is 0.357 e. The summed E-state index contributed by atoms with van der Waals surface area (Å²) in [5.74, 6) is -0.371. The second-order valence-electron chi connectivity index (χ2n) is 4.18. The van der Waals surface area contributed by atoms with Crippen LogP contribution in [0.4, 0.5) is 5.13 Å². The van der Waals surface area contributed by atoms with Crippen molar-refractivity contribution < 1.29 is 9.53 Å². The average Bonchev–Trinajstić information content (AvgIpc) is 2.91. The molecule has 0 unspecified atom stereocenters. The highest BCUT2D eigenvalue weighted by molar-refractivity contribution is 9.10. The molecule has 4 nitrogen and oxygen atoms in total. The Morgan fingerprint density at radius 3 is 2.90 bits per heavy atom. The zero-order chi connectivity index (χ0) is 14.5. The zero-order valence-corrected chi connectivity index (χ0v) is 13.7. The molecule has 0 saturated heterocycles. The molecular formula is C14H15BrN2O2S. The molecule has 0 N–H and O–H groups in total. The van der Waals surface area contributed by atoms with E-state index in [0.29, 0.717) is 12.3 Å². The van der Waals surface area contributed by atoms with Gasteiger partial charge >= 0.3 is 5.97 Å². The quantitative estimate of drug-likeness (QED) is 0.767. The highest BCUT2D eigenvalue weighted by Crippen LogP contribution is 2.24. The fraction of sp³-hybridized carbons (Fsp3) is 0.286. The second kappa shape index (κ2) is 6.85. The van der Waals surface area contributed by atoms with Gasteiger partial charge in [0.05, 0.1) is 6.61 Å². The fourth-order valence-electron chi connectivity index (χ4n) is 1.69. The molecule has 1 heterocycles. The van der Waals surface area contributed by atoms with Gasteiger partial charge in [0, 0.05) is 23.4 Å². The summed E-state index contributed by atoms with van der Waals surface area (Å²) in [6, 6.07) is 8.05. The van der Waals surface area contributed by atoms with Gasteiger partial charge in [0.15, 0.2) is 10.8 Å². The van der Waals surface area contributed by atoms with Crippen molar-refractivity contribution in [2.24, 2.45) is 0 Å². The van der Waals surface area contributed by atoms with Gasteiger partial charge in [0.25, 0.3) is 0 Å². The average molecular weight is 355 g/mol. The Hall–Kier alpha value is -1.40. The van der Waals surface area contributed by atoms with Crippen LogP contribution >= 0.6 is 27.3 Å². The lowest BCUT2D eigenvalue weighted by molar-refractivity contribution is 0.0520. The van der Waals surface area contributed by atoms with Gasteiger partial charge in [-0.2, -0.15) is 0 Å². The largest absolute Gasteiger partial charge is 0.461 e. The van der Waals surface area contributed by atoms with Crippen molar-refractivity contribution in [2.75, 3.05) is 18.6 Å². The van der Waals surface area contributed by atoms with Gasteiger partial charge < -0.3 is 9.64 Å². The predicted octanol–water partition coefficient (Wildman–Crippen LogP) is 3.72. The number of halogens is 1. The number of hydrogen-bond acceptors (Lipinski definition) is 5. The Bertz CT molecular complexity index is 600. The van der Waals surface area contributed by atoms with Gasteiger partial charge in [-0.1, -0.05) is 34.1 Å². The maximum atomic E-state index is 11.6. The molecule has 0 spiro atoms. The van der Waals surface area contributed by atoms with E-state index in [1.807, 2.05) is 30.1 Å². The Morgan fingerprint density at radius 1 is 1.45 bits per heavy atom. The number of esters is 1. The van der Waals surface area contributed by atoms with Crippen molar-refractivity contribution in [3.8, 4) is 0 Å². The minimum absolute atomic E-state index is 0.360. The first-order valence-electron chi connectivity index (χ1n) is 6.19. The molecular weight excluding hydrogens is 340 g/mol. The highest BCUT2D eigenvalue weighted by Gasteiger charge is 2.14. The summed E-state index contributed by atoms with van der Waals surface area (Å²) in [5, 5.41) is 2.52. The first-order valence-corrected chi connectivity index (χ1v) is 7.86. The Morgan fingerprint density at radius 2 is 2.20 bits per heavy atom. The van der Waals surface area contributed by atoms with E-state index in [0.717, 1.165) is 16.1 Å². The fourth-order valence-corrected chi connectivity index (χ4v) is 2.86. The van der Waals surface area contributed by atoms with Crippen molar-refractivity contribution in [2.45, 2.75) is 13.5 Å². The van der Waals surface area contributed by atoms with Crippen molar-refractivity contribution in [3.63, 3.8) is 0 Å². The van der Waals surface area contributed by atoms with Gasteiger partial charge in [-0.05, 0) is 18.6 Å². The molecule has 0 aliphatic rings. The molecule has 20 heavy (non-hydrogen) atoms. The zero-order valence-electron chi connectivity index (χ0n) is 11.3. The van der Waals surface area contributed by atoms with Crippen molar-refractivity contribution >= 4 is 38.4 Å². The van der Waals surface area contributed by atoms with Gasteiger partial charge in [-0.3, -0.25) is 0 Å². The molecule has 0 bridgehead atoms. The van der Waals surface area contributed by atoms with E-state index in [1.54, 1.807) is 12.3 Å². The van der Waals surface area contributed by atoms with E-state index in [2.05, 4.69) is 27.0 Å². The van der Waals surface area contributed by atoms with Crippen LogP contribution in [0, 0.1) is 0 Å². The van der Waals surface area contributed by atoms with E-state index >= 15 is 0 Å². The Labute approximate surface area is 130 Å². The summed E-state index contributed by atoms with van der Waals surface area (Å²) in [6.07, 6.45) is 0. The van der Waals surface area contributed by atoms with Crippen molar-refractivity contribution in [1.82, 2.24) is 4.98 Å².